The van der Waals surface area contributed by atoms with Gasteiger partial charge in [0.05, 0.1) is 38.5 Å². The molecule has 0 aliphatic carbocycles. The van der Waals surface area contributed by atoms with Crippen LogP contribution in [0.5, 0.6) is 5.75 Å². The predicted molar refractivity (Wildman–Crippen MR) is 368 cm³/mol. The summed E-state index contributed by atoms with van der Waals surface area (Å²) in [5.74, 6) is -16.5. The van der Waals surface area contributed by atoms with Crippen LogP contribution in [0.2, 0.25) is 0 Å². The lowest BCUT2D eigenvalue weighted by atomic mass is 9.95. The third-order valence-corrected chi connectivity index (χ3v) is 16.6. The lowest BCUT2D eigenvalue weighted by Gasteiger charge is -2.31. The van der Waals surface area contributed by atoms with E-state index < -0.39 is 199 Å². The van der Waals surface area contributed by atoms with Crippen molar-refractivity contribution in [1.29, 1.82) is 0 Å². The summed E-state index contributed by atoms with van der Waals surface area (Å²) in [4.78, 5) is 197. The van der Waals surface area contributed by atoms with Gasteiger partial charge in [0.25, 0.3) is 0 Å². The van der Waals surface area contributed by atoms with Crippen LogP contribution < -0.4 is 81.0 Å². The van der Waals surface area contributed by atoms with Gasteiger partial charge in [0.1, 0.15) is 66.2 Å². The van der Waals surface area contributed by atoms with Gasteiger partial charge in [-0.2, -0.15) is 0 Å². The molecule has 0 unspecified atom stereocenters. The number of amides is 12. The highest BCUT2D eigenvalue weighted by Crippen LogP contribution is 2.17. The van der Waals surface area contributed by atoms with Crippen molar-refractivity contribution in [3.8, 4) is 5.75 Å². The summed E-state index contributed by atoms with van der Waals surface area (Å²) in [7, 11) is 0. The number of nitrogens with two attached hydrogens (primary N) is 3. The Hall–Kier alpha value is -9.35. The molecule has 2 aromatic rings. The van der Waals surface area contributed by atoms with E-state index in [0.717, 1.165) is 0 Å². The molecule has 0 saturated heterocycles. The Morgan fingerprint density at radius 3 is 1.43 bits per heavy atom. The van der Waals surface area contributed by atoms with Gasteiger partial charge in [0.2, 0.25) is 70.9 Å². The zero-order valence-corrected chi connectivity index (χ0v) is 59.4. The van der Waals surface area contributed by atoms with E-state index in [9.17, 15) is 87.5 Å². The number of unbranched alkanes of at least 4 members (excludes halogenated alkanes) is 2. The smallest absolute Gasteiger partial charge is 0.326 e. The molecule has 1 aromatic carbocycles. The molecular weight excluding hydrogens is 1320 g/mol. The highest BCUT2D eigenvalue weighted by molar-refractivity contribution is 6.00. The number of aromatic amines is 1. The number of phenols is 1. The summed E-state index contributed by atoms with van der Waals surface area (Å²) in [5.41, 5.74) is 17.9. The van der Waals surface area contributed by atoms with Crippen LogP contribution in [0.25, 0.3) is 0 Å². The molecule has 1 heterocycles. The average Bonchev–Trinajstić information content (AvgIpc) is 1.16. The van der Waals surface area contributed by atoms with Crippen molar-refractivity contribution in [2.45, 2.75) is 213 Å². The van der Waals surface area contributed by atoms with Crippen LogP contribution in [0, 0.1) is 29.6 Å². The minimum atomic E-state index is -1.73. The topological polar surface area (TPSA) is 571 Å². The number of aliphatic carboxylic acids is 2. The Bertz CT molecular complexity index is 3040. The molecule has 1 aromatic heterocycles. The minimum Gasteiger partial charge on any atom is -0.508 e. The number of phenolic OH excluding ortho intramolecular Hbond substituents is 1. The maximum Gasteiger partial charge on any atom is 0.326 e. The molecule has 0 spiro atoms. The van der Waals surface area contributed by atoms with Crippen molar-refractivity contribution < 1.29 is 87.5 Å². The van der Waals surface area contributed by atoms with Gasteiger partial charge < -0.3 is 106 Å². The first-order valence-electron chi connectivity index (χ1n) is 34.1. The van der Waals surface area contributed by atoms with Gasteiger partial charge in [-0.3, -0.25) is 62.3 Å². The van der Waals surface area contributed by atoms with E-state index in [-0.39, 0.29) is 56.7 Å². The van der Waals surface area contributed by atoms with Gasteiger partial charge in [-0.15, -0.1) is 0 Å². The normalized spacial score (nSPS) is 15.1. The molecule has 13 atom stereocenters. The molecule has 0 aliphatic rings. The number of nitrogens with zero attached hydrogens (tertiary/aromatic N) is 1. The molecule has 101 heavy (non-hydrogen) atoms. The number of hydrogen-bond acceptors (Lipinski definition) is 20. The van der Waals surface area contributed by atoms with Gasteiger partial charge in [-0.1, -0.05) is 101 Å². The molecule has 2 rings (SSSR count). The van der Waals surface area contributed by atoms with Crippen LogP contribution in [-0.2, 0) is 80.0 Å². The Kier molecular flexibility index (Phi) is 39.5. The van der Waals surface area contributed by atoms with Gasteiger partial charge in [0, 0.05) is 24.7 Å². The highest BCUT2D eigenvalue weighted by Gasteiger charge is 2.39. The van der Waals surface area contributed by atoms with E-state index >= 15 is 0 Å². The second-order valence-electron chi connectivity index (χ2n) is 26.2. The van der Waals surface area contributed by atoms with E-state index in [1.54, 1.807) is 69.2 Å². The molecule has 12 amide bonds. The number of aliphatic hydroxyl groups is 1. The van der Waals surface area contributed by atoms with Crippen LogP contribution in [0.4, 0.5) is 0 Å². The van der Waals surface area contributed by atoms with E-state index in [4.69, 9.17) is 17.2 Å². The van der Waals surface area contributed by atoms with Crippen molar-refractivity contribution in [3.05, 3.63) is 48.0 Å². The van der Waals surface area contributed by atoms with Gasteiger partial charge >= 0.3 is 11.9 Å². The summed E-state index contributed by atoms with van der Waals surface area (Å²) in [5, 5.41) is 69.7. The van der Waals surface area contributed by atoms with Gasteiger partial charge in [-0.25, -0.2) is 9.78 Å². The molecule has 0 radical (unpaired) electrons. The summed E-state index contributed by atoms with van der Waals surface area (Å²) >= 11 is 0. The van der Waals surface area contributed by atoms with E-state index in [0.29, 0.717) is 49.9 Å². The molecule has 566 valence electrons. The second kappa shape index (κ2) is 45.4. The van der Waals surface area contributed by atoms with Crippen LogP contribution in [0.3, 0.4) is 0 Å². The highest BCUT2D eigenvalue weighted by atomic mass is 16.4. The molecule has 0 fully saturated rings. The summed E-state index contributed by atoms with van der Waals surface area (Å²) in [6, 6.07) is -10.2. The summed E-state index contributed by atoms with van der Waals surface area (Å²) in [6.07, 6.45) is 4.02. The van der Waals surface area contributed by atoms with Crippen molar-refractivity contribution in [3.63, 3.8) is 0 Å². The Morgan fingerprint density at radius 2 is 0.931 bits per heavy atom. The fraction of sp³-hybridized carbons (Fsp3) is 0.652. The quantitative estimate of drug-likeness (QED) is 0.0287. The fourth-order valence-corrected chi connectivity index (χ4v) is 10.2. The van der Waals surface area contributed by atoms with Crippen molar-refractivity contribution >= 4 is 82.8 Å². The van der Waals surface area contributed by atoms with E-state index in [1.165, 1.54) is 36.8 Å². The first-order valence-corrected chi connectivity index (χ1v) is 34.1. The number of aliphatic hydroxyl groups excluding tert-OH is 1. The van der Waals surface area contributed by atoms with Crippen LogP contribution in [-0.4, -0.2) is 212 Å². The van der Waals surface area contributed by atoms with Crippen LogP contribution in [0.15, 0.2) is 36.8 Å². The number of carboxylic acid groups (broad SMARTS) is 2. The monoisotopic (exact) mass is 1430 g/mol. The number of nitrogens with one attached hydrogen (secondary N) is 13. The third-order valence-electron chi connectivity index (χ3n) is 16.6. The molecule has 0 saturated carbocycles. The van der Waals surface area contributed by atoms with Crippen LogP contribution in [0.1, 0.15) is 145 Å². The number of carbonyl (C=O) groups excluding carboxylic acids is 12. The number of carboxylic acids is 2. The van der Waals surface area contributed by atoms with Crippen molar-refractivity contribution in [2.24, 2.45) is 46.8 Å². The van der Waals surface area contributed by atoms with Crippen molar-refractivity contribution in [2.75, 3.05) is 32.8 Å². The predicted octanol–water partition coefficient (Wildman–Crippen LogP) is -3.43. The number of carbonyl (C=O) groups is 14. The maximum absolute atomic E-state index is 14.6. The summed E-state index contributed by atoms with van der Waals surface area (Å²) in [6.45, 7) is 14.8. The summed E-state index contributed by atoms with van der Waals surface area (Å²) < 4.78 is 0. The van der Waals surface area contributed by atoms with Crippen LogP contribution >= 0.6 is 0 Å². The first kappa shape index (κ1) is 87.7. The zero-order valence-electron chi connectivity index (χ0n) is 59.4. The largest absolute Gasteiger partial charge is 0.508 e. The lowest BCUT2D eigenvalue weighted by molar-refractivity contribution is -0.143. The maximum atomic E-state index is 14.6. The number of aromatic hydroxyl groups is 1. The number of aromatic nitrogens is 2. The standard InChI is InChI=1S/C66H109N17O18/c1-11-37(9)54(83-61(95)44(25-34(3)4)77-63(97)53(36(7)8)82-62(96)47(28-51(88)89)74-49(86)30-71-56(90)42(69)17-13-15-23-67)65(99)75-43(18-14-16-24-68)58(92)81-52(35(5)6)64(98)78-46(27-40-29-70-33-73-40)60(94)76-45(26-39-19-21-41(85)22-20-39)59(93)79-48(32-84)57(91)72-31-50(87)80-55(66(100)101)38(10)12-2/h19-22,29,33-38,42-48,52-55,84-85H,11-18,23-28,30-32,67-69H2,1-10H3,(H,70,73)(H,71,90)(H,72,91)(H,74,86)(H,75,99)(H,76,94)(H,77,97)(H,78,98)(H,79,93)(H,80,87)(H,81,92)(H,82,96)(H,83,95)(H,88,89)(H,100,101)/t37-,38-,42-,43-,44-,45-,46-,47-,48-,52-,53-,54-,55-/m0/s1. The number of hydrogen-bond donors (Lipinski definition) is 20. The SMILES string of the molecule is CC[C@H](C)[C@H](NC(=O)CNC(=O)[C@H](CO)NC(=O)[C@H](Cc1ccc(O)cc1)NC(=O)[C@H](Cc1cnc[nH]1)NC(=O)[C@@H](NC(=O)[C@H](CCCCN)NC(=O)[C@@H](NC(=O)[C@H](CC(C)C)NC(=O)[C@@H](NC(=O)[C@H](CC(=O)O)NC(=O)CNC(=O)[C@@H](N)CCCCN)C(C)C)[C@@H](C)CC)C(C)C)C(=O)O. The number of H-pyrrole nitrogens is 1. The van der Waals surface area contributed by atoms with Crippen molar-refractivity contribution in [1.82, 2.24) is 73.8 Å². The second-order valence-corrected chi connectivity index (χ2v) is 26.2. The Balaban J connectivity index is 2.45. The minimum absolute atomic E-state index is 0.00266. The Morgan fingerprint density at radius 1 is 0.485 bits per heavy atom. The number of rotatable bonds is 48. The average molecular weight is 1430 g/mol. The molecule has 35 nitrogen and oxygen atoms in total. The van der Waals surface area contributed by atoms with Gasteiger partial charge in [0.15, 0.2) is 0 Å². The van der Waals surface area contributed by atoms with Gasteiger partial charge in [-0.05, 0) is 98.9 Å². The molecule has 0 bridgehead atoms. The number of benzene rings is 1. The third kappa shape index (κ3) is 31.8. The molecule has 23 N–H and O–H groups in total. The van der Waals surface area contributed by atoms with E-state index in [2.05, 4.69) is 73.8 Å². The lowest BCUT2D eigenvalue weighted by Crippen LogP contribution is -2.62. The molecular formula is C66H109N17O18. The molecule has 35 heteroatoms. The fourth-order valence-electron chi connectivity index (χ4n) is 10.2. The molecule has 0 aliphatic heterocycles. The van der Waals surface area contributed by atoms with E-state index in [1.807, 2.05) is 0 Å². The number of imidazole rings is 1. The first-order chi connectivity index (χ1) is 47.6. The zero-order chi connectivity index (χ0) is 76.2. The Labute approximate surface area is 588 Å².